The second kappa shape index (κ2) is 4.31. The molecular formula is C11H18N2O3. The third-order valence-electron chi connectivity index (χ3n) is 3.70. The maximum absolute atomic E-state index is 11.6. The molecule has 0 atom stereocenters. The Balaban J connectivity index is 2.25. The summed E-state index contributed by atoms with van der Waals surface area (Å²) < 4.78 is 0. The Bertz CT molecular complexity index is 296. The predicted molar refractivity (Wildman–Crippen MR) is 58.2 cm³/mol. The van der Waals surface area contributed by atoms with Crippen LogP contribution in [0.4, 0.5) is 4.79 Å². The number of urea groups is 1. The van der Waals surface area contributed by atoms with E-state index in [1.54, 1.807) is 0 Å². The van der Waals surface area contributed by atoms with E-state index in [1.165, 1.54) is 4.90 Å². The Kier molecular flexibility index (Phi) is 3.03. The molecule has 5 heteroatoms. The molecule has 1 aliphatic carbocycles. The minimum Gasteiger partial charge on any atom is -0.479 e. The van der Waals surface area contributed by atoms with E-state index in [-0.39, 0.29) is 6.03 Å². The predicted octanol–water partition coefficient (Wildman–Crippen LogP) is 1.19. The zero-order valence-electron chi connectivity index (χ0n) is 9.37. The van der Waals surface area contributed by atoms with Crippen LogP contribution in [0.15, 0.2) is 0 Å². The topological polar surface area (TPSA) is 69.6 Å². The van der Waals surface area contributed by atoms with Crippen LogP contribution in [0, 0.1) is 0 Å². The van der Waals surface area contributed by atoms with Crippen LogP contribution in [0.5, 0.6) is 0 Å². The molecule has 2 aliphatic rings. The van der Waals surface area contributed by atoms with Crippen molar-refractivity contribution in [3.63, 3.8) is 0 Å². The van der Waals surface area contributed by atoms with Crippen LogP contribution in [0.2, 0.25) is 0 Å². The summed E-state index contributed by atoms with van der Waals surface area (Å²) in [7, 11) is 0. The number of carbonyl (C=O) groups is 2. The van der Waals surface area contributed by atoms with Crippen LogP contribution in [0.1, 0.15) is 38.5 Å². The van der Waals surface area contributed by atoms with Gasteiger partial charge in [0.25, 0.3) is 0 Å². The molecule has 2 rings (SSSR count). The molecule has 0 aromatic rings. The van der Waals surface area contributed by atoms with Crippen LogP contribution in [0.25, 0.3) is 0 Å². The Labute approximate surface area is 94.8 Å². The minimum atomic E-state index is -0.947. The summed E-state index contributed by atoms with van der Waals surface area (Å²) in [6.45, 7) is 1.08. The third-order valence-corrected chi connectivity index (χ3v) is 3.70. The number of carboxylic acids is 1. The van der Waals surface area contributed by atoms with E-state index >= 15 is 0 Å². The zero-order valence-corrected chi connectivity index (χ0v) is 9.37. The molecule has 16 heavy (non-hydrogen) atoms. The molecule has 1 saturated carbocycles. The lowest BCUT2D eigenvalue weighted by Gasteiger charge is -2.36. The molecule has 5 nitrogen and oxygen atoms in total. The van der Waals surface area contributed by atoms with E-state index in [1.807, 2.05) is 0 Å². The number of carbonyl (C=O) groups excluding carboxylic acids is 1. The molecule has 0 radical (unpaired) electrons. The first kappa shape index (κ1) is 11.2. The molecule has 1 heterocycles. The number of amides is 2. The second-order valence-electron chi connectivity index (χ2n) is 4.63. The molecule has 2 fully saturated rings. The zero-order chi connectivity index (χ0) is 11.6. The lowest BCUT2D eigenvalue weighted by atomic mass is 9.88. The van der Waals surface area contributed by atoms with Crippen LogP contribution in [-0.2, 0) is 4.79 Å². The van der Waals surface area contributed by atoms with Crippen molar-refractivity contribution in [1.82, 2.24) is 10.2 Å². The van der Waals surface area contributed by atoms with Crippen LogP contribution < -0.4 is 5.32 Å². The average molecular weight is 226 g/mol. The van der Waals surface area contributed by atoms with Gasteiger partial charge in [0.1, 0.15) is 5.54 Å². The summed E-state index contributed by atoms with van der Waals surface area (Å²) in [5.41, 5.74) is -0.947. The van der Waals surface area contributed by atoms with E-state index in [9.17, 15) is 14.7 Å². The second-order valence-corrected chi connectivity index (χ2v) is 4.63. The Morgan fingerprint density at radius 3 is 2.31 bits per heavy atom. The Morgan fingerprint density at radius 2 is 1.88 bits per heavy atom. The lowest BCUT2D eigenvalue weighted by Crippen LogP contribution is -2.55. The molecule has 1 aliphatic heterocycles. The van der Waals surface area contributed by atoms with E-state index in [0.29, 0.717) is 25.9 Å². The van der Waals surface area contributed by atoms with Gasteiger partial charge in [0.15, 0.2) is 0 Å². The van der Waals surface area contributed by atoms with Crippen molar-refractivity contribution in [2.75, 3.05) is 13.1 Å². The molecule has 0 bridgehead atoms. The standard InChI is InChI=1S/C11H18N2O3/c14-9(15)11(5-3-1-2-4-6-11)13-8-7-12-10(13)16/h1-8H2,(H,12,16)(H,14,15). The van der Waals surface area contributed by atoms with Gasteiger partial charge >= 0.3 is 12.0 Å². The number of carboxylic acid groups (broad SMARTS) is 1. The maximum atomic E-state index is 11.6. The highest BCUT2D eigenvalue weighted by atomic mass is 16.4. The highest BCUT2D eigenvalue weighted by Gasteiger charge is 2.47. The first-order chi connectivity index (χ1) is 7.67. The van der Waals surface area contributed by atoms with E-state index in [0.717, 1.165) is 25.7 Å². The van der Waals surface area contributed by atoms with Gasteiger partial charge < -0.3 is 15.3 Å². The van der Waals surface area contributed by atoms with E-state index in [4.69, 9.17) is 0 Å². The SMILES string of the molecule is O=C1NCCN1C1(C(=O)O)CCCCCC1. The van der Waals surface area contributed by atoms with Crippen molar-refractivity contribution in [3.05, 3.63) is 0 Å². The Hall–Kier alpha value is -1.26. The first-order valence-corrected chi connectivity index (χ1v) is 5.96. The van der Waals surface area contributed by atoms with Crippen molar-refractivity contribution >= 4 is 12.0 Å². The van der Waals surface area contributed by atoms with Gasteiger partial charge in [-0.3, -0.25) is 0 Å². The van der Waals surface area contributed by atoms with Crippen LogP contribution in [-0.4, -0.2) is 40.6 Å². The largest absolute Gasteiger partial charge is 0.479 e. The van der Waals surface area contributed by atoms with Crippen molar-refractivity contribution in [2.45, 2.75) is 44.1 Å². The van der Waals surface area contributed by atoms with Gasteiger partial charge in [-0.1, -0.05) is 25.7 Å². The monoisotopic (exact) mass is 226 g/mol. The van der Waals surface area contributed by atoms with Gasteiger partial charge in [-0.05, 0) is 12.8 Å². The molecule has 2 amide bonds. The quantitative estimate of drug-likeness (QED) is 0.695. The first-order valence-electron chi connectivity index (χ1n) is 5.96. The molecule has 0 aromatic heterocycles. The van der Waals surface area contributed by atoms with Gasteiger partial charge in [0.2, 0.25) is 0 Å². The van der Waals surface area contributed by atoms with Crippen molar-refractivity contribution < 1.29 is 14.7 Å². The molecular weight excluding hydrogens is 208 g/mol. The average Bonchev–Trinajstić information content (AvgIpc) is 2.55. The number of hydrogen-bond acceptors (Lipinski definition) is 2. The summed E-state index contributed by atoms with van der Waals surface area (Å²) in [6, 6.07) is -0.218. The number of nitrogens with zero attached hydrogens (tertiary/aromatic N) is 1. The van der Waals surface area contributed by atoms with Gasteiger partial charge in [-0.25, -0.2) is 9.59 Å². The van der Waals surface area contributed by atoms with Gasteiger partial charge in [0.05, 0.1) is 0 Å². The fraction of sp³-hybridized carbons (Fsp3) is 0.818. The van der Waals surface area contributed by atoms with Crippen molar-refractivity contribution in [3.8, 4) is 0 Å². The molecule has 0 aromatic carbocycles. The summed E-state index contributed by atoms with van der Waals surface area (Å²) in [6.07, 6.45) is 5.13. The summed E-state index contributed by atoms with van der Waals surface area (Å²) in [4.78, 5) is 24.7. The highest BCUT2D eigenvalue weighted by molar-refractivity contribution is 5.87. The van der Waals surface area contributed by atoms with Crippen LogP contribution in [0.3, 0.4) is 0 Å². The third kappa shape index (κ3) is 1.74. The van der Waals surface area contributed by atoms with Crippen molar-refractivity contribution in [1.29, 1.82) is 0 Å². The maximum Gasteiger partial charge on any atom is 0.329 e. The molecule has 1 saturated heterocycles. The Morgan fingerprint density at radius 1 is 1.25 bits per heavy atom. The molecule has 0 spiro atoms. The molecule has 90 valence electrons. The number of nitrogens with one attached hydrogen (secondary N) is 1. The fourth-order valence-electron chi connectivity index (χ4n) is 2.79. The summed E-state index contributed by atoms with van der Waals surface area (Å²) in [5.74, 6) is -0.841. The summed E-state index contributed by atoms with van der Waals surface area (Å²) >= 11 is 0. The number of rotatable bonds is 2. The normalized spacial score (nSPS) is 25.0. The van der Waals surface area contributed by atoms with Gasteiger partial charge in [0, 0.05) is 13.1 Å². The van der Waals surface area contributed by atoms with E-state index in [2.05, 4.69) is 5.32 Å². The molecule has 2 N–H and O–H groups in total. The van der Waals surface area contributed by atoms with Crippen molar-refractivity contribution in [2.24, 2.45) is 0 Å². The lowest BCUT2D eigenvalue weighted by molar-refractivity contribution is -0.150. The highest BCUT2D eigenvalue weighted by Crippen LogP contribution is 2.33. The summed E-state index contributed by atoms with van der Waals surface area (Å²) in [5, 5.41) is 12.2. The smallest absolute Gasteiger partial charge is 0.329 e. The van der Waals surface area contributed by atoms with Gasteiger partial charge in [-0.2, -0.15) is 0 Å². The van der Waals surface area contributed by atoms with Gasteiger partial charge in [-0.15, -0.1) is 0 Å². The number of hydrogen-bond donors (Lipinski definition) is 2. The molecule has 0 unspecified atom stereocenters. The fourth-order valence-corrected chi connectivity index (χ4v) is 2.79. The van der Waals surface area contributed by atoms with E-state index < -0.39 is 11.5 Å². The van der Waals surface area contributed by atoms with Crippen LogP contribution >= 0.6 is 0 Å². The minimum absolute atomic E-state index is 0.218. The number of aliphatic carboxylic acids is 1.